The third-order valence-electron chi connectivity index (χ3n) is 3.28. The Morgan fingerprint density at radius 1 is 1.45 bits per heavy atom. The van der Waals surface area contributed by atoms with Crippen molar-refractivity contribution in [3.05, 3.63) is 39.8 Å². The lowest BCUT2D eigenvalue weighted by molar-refractivity contribution is -0.392. The second kappa shape index (κ2) is 6.37. The van der Waals surface area contributed by atoms with Crippen LogP contribution in [-0.2, 0) is 24.4 Å². The lowest BCUT2D eigenvalue weighted by atomic mass is 10.3. The second-order valence-electron chi connectivity index (χ2n) is 4.95. The SMILES string of the molecule is CCn1nccc1CN(C)C(=O)Cn1nc(C)cc1[N+](=O)[O-]. The Hall–Kier alpha value is -2.71. The highest BCUT2D eigenvalue weighted by molar-refractivity contribution is 5.75. The highest BCUT2D eigenvalue weighted by atomic mass is 16.6. The Morgan fingerprint density at radius 3 is 2.82 bits per heavy atom. The van der Waals surface area contributed by atoms with Gasteiger partial charge in [-0.3, -0.25) is 9.48 Å². The fourth-order valence-electron chi connectivity index (χ4n) is 2.15. The Balaban J connectivity index is 2.07. The summed E-state index contributed by atoms with van der Waals surface area (Å²) in [7, 11) is 1.65. The van der Waals surface area contributed by atoms with E-state index in [1.807, 2.05) is 13.0 Å². The lowest BCUT2D eigenvalue weighted by Crippen LogP contribution is -2.31. The summed E-state index contributed by atoms with van der Waals surface area (Å²) in [6.07, 6.45) is 1.68. The van der Waals surface area contributed by atoms with Gasteiger partial charge >= 0.3 is 5.82 Å². The van der Waals surface area contributed by atoms with E-state index >= 15 is 0 Å². The predicted octanol–water partition coefficient (Wildman–Crippen LogP) is 0.975. The highest BCUT2D eigenvalue weighted by Gasteiger charge is 2.21. The van der Waals surface area contributed by atoms with Crippen molar-refractivity contribution in [2.24, 2.45) is 0 Å². The van der Waals surface area contributed by atoms with Crippen LogP contribution in [0.1, 0.15) is 18.3 Å². The van der Waals surface area contributed by atoms with Crippen LogP contribution in [0.5, 0.6) is 0 Å². The highest BCUT2D eigenvalue weighted by Crippen LogP contribution is 2.13. The van der Waals surface area contributed by atoms with Gasteiger partial charge in [0.1, 0.15) is 0 Å². The minimum Gasteiger partial charge on any atom is -0.358 e. The molecule has 118 valence electrons. The molecule has 2 heterocycles. The van der Waals surface area contributed by atoms with Crippen LogP contribution in [-0.4, -0.2) is 42.3 Å². The molecular formula is C13H18N6O3. The Kier molecular flexibility index (Phi) is 4.54. The molecule has 9 heteroatoms. The summed E-state index contributed by atoms with van der Waals surface area (Å²) < 4.78 is 2.91. The first kappa shape index (κ1) is 15.7. The molecule has 0 unspecified atom stereocenters. The molecule has 0 aliphatic rings. The van der Waals surface area contributed by atoms with Crippen LogP contribution in [0.3, 0.4) is 0 Å². The van der Waals surface area contributed by atoms with Gasteiger partial charge in [0.25, 0.3) is 5.91 Å². The summed E-state index contributed by atoms with van der Waals surface area (Å²) in [5.74, 6) is -0.437. The van der Waals surface area contributed by atoms with Crippen molar-refractivity contribution in [2.45, 2.75) is 33.5 Å². The third kappa shape index (κ3) is 3.30. The lowest BCUT2D eigenvalue weighted by Gasteiger charge is -2.16. The molecule has 0 N–H and O–H groups in total. The Labute approximate surface area is 127 Å². The molecule has 0 saturated heterocycles. The molecule has 9 nitrogen and oxygen atoms in total. The Morgan fingerprint density at radius 2 is 2.18 bits per heavy atom. The van der Waals surface area contributed by atoms with E-state index in [0.29, 0.717) is 18.8 Å². The van der Waals surface area contributed by atoms with E-state index in [2.05, 4.69) is 10.2 Å². The fraction of sp³-hybridized carbons (Fsp3) is 0.462. The fourth-order valence-corrected chi connectivity index (χ4v) is 2.15. The zero-order valence-corrected chi connectivity index (χ0v) is 12.8. The van der Waals surface area contributed by atoms with Crippen LogP contribution in [0.4, 0.5) is 5.82 Å². The first-order valence-corrected chi connectivity index (χ1v) is 6.85. The first-order chi connectivity index (χ1) is 10.4. The van der Waals surface area contributed by atoms with E-state index < -0.39 is 4.92 Å². The van der Waals surface area contributed by atoms with Gasteiger partial charge in [0, 0.05) is 19.8 Å². The van der Waals surface area contributed by atoms with E-state index in [4.69, 9.17) is 0 Å². The number of likely N-dealkylation sites (N-methyl/N-ethyl adjacent to an activating group) is 1. The predicted molar refractivity (Wildman–Crippen MR) is 78.0 cm³/mol. The van der Waals surface area contributed by atoms with Gasteiger partial charge in [-0.05, 0) is 24.8 Å². The molecule has 2 rings (SSSR count). The number of carbonyl (C=O) groups excluding carboxylic acids is 1. The number of hydrogen-bond donors (Lipinski definition) is 0. The number of aromatic nitrogens is 4. The zero-order valence-electron chi connectivity index (χ0n) is 12.8. The number of amides is 1. The van der Waals surface area contributed by atoms with Crippen molar-refractivity contribution >= 4 is 11.7 Å². The van der Waals surface area contributed by atoms with Gasteiger partial charge in [0.15, 0.2) is 6.54 Å². The quantitative estimate of drug-likeness (QED) is 0.585. The molecule has 0 bridgehead atoms. The molecule has 0 aliphatic heterocycles. The molecule has 22 heavy (non-hydrogen) atoms. The average Bonchev–Trinajstić information content (AvgIpc) is 3.04. The summed E-state index contributed by atoms with van der Waals surface area (Å²) in [5, 5.41) is 19.1. The number of nitrogens with zero attached hydrogens (tertiary/aromatic N) is 6. The zero-order chi connectivity index (χ0) is 16.3. The molecule has 2 aromatic rings. The van der Waals surface area contributed by atoms with Crippen molar-refractivity contribution in [2.75, 3.05) is 7.05 Å². The molecule has 0 atom stereocenters. The average molecular weight is 306 g/mol. The molecule has 0 spiro atoms. The molecule has 1 amide bonds. The normalized spacial score (nSPS) is 10.7. The van der Waals surface area contributed by atoms with E-state index in [-0.39, 0.29) is 18.3 Å². The van der Waals surface area contributed by atoms with Gasteiger partial charge < -0.3 is 15.0 Å². The number of aryl methyl sites for hydroxylation is 2. The van der Waals surface area contributed by atoms with Crippen LogP contribution in [0, 0.1) is 17.0 Å². The molecular weight excluding hydrogens is 288 g/mol. The van der Waals surface area contributed by atoms with Crippen LogP contribution in [0.25, 0.3) is 0 Å². The van der Waals surface area contributed by atoms with Gasteiger partial charge in [0.2, 0.25) is 0 Å². The number of nitro groups is 1. The summed E-state index contributed by atoms with van der Waals surface area (Å²) in [6, 6.07) is 3.19. The minimum atomic E-state index is -0.542. The molecule has 0 aromatic carbocycles. The first-order valence-electron chi connectivity index (χ1n) is 6.85. The molecule has 0 fully saturated rings. The summed E-state index contributed by atoms with van der Waals surface area (Å²) >= 11 is 0. The third-order valence-corrected chi connectivity index (χ3v) is 3.28. The van der Waals surface area contributed by atoms with Gasteiger partial charge in [-0.1, -0.05) is 5.10 Å². The summed E-state index contributed by atoms with van der Waals surface area (Å²) in [6.45, 7) is 4.56. The monoisotopic (exact) mass is 306 g/mol. The van der Waals surface area contributed by atoms with Crippen LogP contribution < -0.4 is 0 Å². The number of carbonyl (C=O) groups is 1. The maximum absolute atomic E-state index is 12.2. The van der Waals surface area contributed by atoms with Crippen LogP contribution in [0.2, 0.25) is 0 Å². The van der Waals surface area contributed by atoms with Crippen molar-refractivity contribution in [1.82, 2.24) is 24.5 Å². The molecule has 0 radical (unpaired) electrons. The van der Waals surface area contributed by atoms with E-state index in [1.54, 1.807) is 24.9 Å². The minimum absolute atomic E-state index is 0.166. The molecule has 0 aliphatic carbocycles. The smallest absolute Gasteiger partial charge is 0.345 e. The van der Waals surface area contributed by atoms with E-state index in [9.17, 15) is 14.9 Å². The number of rotatable bonds is 6. The molecule has 2 aromatic heterocycles. The topological polar surface area (TPSA) is 99.1 Å². The maximum atomic E-state index is 12.2. The van der Waals surface area contributed by atoms with Crippen molar-refractivity contribution in [1.29, 1.82) is 0 Å². The largest absolute Gasteiger partial charge is 0.358 e. The number of hydrogen-bond acceptors (Lipinski definition) is 5. The standard InChI is InChI=1S/C13H18N6O3/c1-4-17-11(5-6-14-17)8-16(3)13(20)9-18-12(19(21)22)7-10(2)15-18/h5-7H,4,8-9H2,1-3H3. The van der Waals surface area contributed by atoms with E-state index in [0.717, 1.165) is 10.4 Å². The van der Waals surface area contributed by atoms with Crippen molar-refractivity contribution in [3.8, 4) is 0 Å². The van der Waals surface area contributed by atoms with Crippen LogP contribution >= 0.6 is 0 Å². The van der Waals surface area contributed by atoms with Gasteiger partial charge in [-0.25, -0.2) is 0 Å². The van der Waals surface area contributed by atoms with Crippen LogP contribution in [0.15, 0.2) is 18.3 Å². The second-order valence-corrected chi connectivity index (χ2v) is 4.95. The van der Waals surface area contributed by atoms with Crippen molar-refractivity contribution in [3.63, 3.8) is 0 Å². The van der Waals surface area contributed by atoms with Gasteiger partial charge in [0.05, 0.1) is 24.0 Å². The Bertz CT molecular complexity index is 690. The summed E-state index contributed by atoms with van der Waals surface area (Å²) in [5.41, 5.74) is 1.41. The summed E-state index contributed by atoms with van der Waals surface area (Å²) in [4.78, 5) is 24.1. The maximum Gasteiger partial charge on any atom is 0.345 e. The van der Waals surface area contributed by atoms with Gasteiger partial charge in [-0.2, -0.15) is 5.10 Å². The van der Waals surface area contributed by atoms with Gasteiger partial charge in [-0.15, -0.1) is 4.68 Å². The van der Waals surface area contributed by atoms with Crippen molar-refractivity contribution < 1.29 is 9.72 Å². The molecule has 0 saturated carbocycles. The van der Waals surface area contributed by atoms with E-state index in [1.165, 1.54) is 11.0 Å².